The molecule has 1 aliphatic heterocycles. The lowest BCUT2D eigenvalue weighted by Gasteiger charge is -2.10. The van der Waals surface area contributed by atoms with E-state index >= 15 is 0 Å². The average Bonchev–Trinajstić information content (AvgIpc) is 2.83. The molecule has 5 heteroatoms. The molecule has 1 aliphatic rings. The van der Waals surface area contributed by atoms with Crippen molar-refractivity contribution in [2.24, 2.45) is 0 Å². The third kappa shape index (κ3) is 2.54. The third-order valence-electron chi connectivity index (χ3n) is 3.83. The van der Waals surface area contributed by atoms with Crippen LogP contribution < -0.4 is 5.69 Å². The Morgan fingerprint density at radius 1 is 1.25 bits per heavy atom. The van der Waals surface area contributed by atoms with Crippen LogP contribution >= 0.6 is 0 Å². The van der Waals surface area contributed by atoms with Crippen molar-refractivity contribution in [1.29, 1.82) is 0 Å². The lowest BCUT2D eigenvalue weighted by atomic mass is 10.1. The molecule has 0 spiro atoms. The Bertz CT molecular complexity index is 630. The first-order valence-corrected chi connectivity index (χ1v) is 7.15. The van der Waals surface area contributed by atoms with Crippen molar-refractivity contribution in [1.82, 2.24) is 14.3 Å². The van der Waals surface area contributed by atoms with Gasteiger partial charge in [0.2, 0.25) is 0 Å². The number of nitrogens with zero attached hydrogens (tertiary/aromatic N) is 3. The number of hydrogen-bond acceptors (Lipinski definition) is 3. The van der Waals surface area contributed by atoms with E-state index in [2.05, 4.69) is 5.10 Å². The molecule has 2 heterocycles. The summed E-state index contributed by atoms with van der Waals surface area (Å²) in [5, 5.41) is 14.5. The van der Waals surface area contributed by atoms with E-state index < -0.39 is 6.10 Å². The Morgan fingerprint density at radius 2 is 2.05 bits per heavy atom. The molecule has 0 aliphatic carbocycles. The molecular formula is C15H19N3O2. The molecule has 106 valence electrons. The number of rotatable bonds is 4. The predicted molar refractivity (Wildman–Crippen MR) is 75.4 cm³/mol. The van der Waals surface area contributed by atoms with Gasteiger partial charge >= 0.3 is 5.69 Å². The second-order valence-electron chi connectivity index (χ2n) is 5.25. The fraction of sp³-hybridized carbons (Fsp3) is 0.467. The summed E-state index contributed by atoms with van der Waals surface area (Å²) >= 11 is 0. The van der Waals surface area contributed by atoms with Gasteiger partial charge in [0.05, 0.1) is 6.10 Å². The van der Waals surface area contributed by atoms with E-state index in [-0.39, 0.29) is 5.69 Å². The highest BCUT2D eigenvalue weighted by atomic mass is 16.3. The van der Waals surface area contributed by atoms with Gasteiger partial charge in [-0.15, -0.1) is 0 Å². The van der Waals surface area contributed by atoms with Crippen LogP contribution in [0.3, 0.4) is 0 Å². The van der Waals surface area contributed by atoms with Crippen LogP contribution in [0.1, 0.15) is 36.8 Å². The van der Waals surface area contributed by atoms with Crippen LogP contribution in [0.2, 0.25) is 0 Å². The molecule has 20 heavy (non-hydrogen) atoms. The van der Waals surface area contributed by atoms with Gasteiger partial charge in [-0.1, -0.05) is 30.3 Å². The fourth-order valence-corrected chi connectivity index (χ4v) is 2.68. The first kappa shape index (κ1) is 13.1. The number of aromatic nitrogens is 3. The molecule has 1 unspecified atom stereocenters. The predicted octanol–water partition coefficient (Wildman–Crippen LogP) is 1.50. The Morgan fingerprint density at radius 3 is 2.80 bits per heavy atom. The molecule has 1 aromatic heterocycles. The largest absolute Gasteiger partial charge is 0.388 e. The summed E-state index contributed by atoms with van der Waals surface area (Å²) < 4.78 is 3.26. The smallest absolute Gasteiger partial charge is 0.345 e. The molecule has 0 amide bonds. The number of aliphatic hydroxyl groups excluding tert-OH is 1. The molecule has 0 saturated heterocycles. The van der Waals surface area contributed by atoms with Gasteiger partial charge in [-0.3, -0.25) is 4.57 Å². The standard InChI is InChI=1S/C15H19N3O2/c19-13(12-6-2-1-3-7-12)9-11-18-15(20)17-10-5-4-8-14(17)16-18/h1-3,6-7,13,19H,4-5,8-11H2. The highest BCUT2D eigenvalue weighted by molar-refractivity contribution is 5.17. The van der Waals surface area contributed by atoms with Crippen LogP contribution in [0.15, 0.2) is 35.1 Å². The molecule has 0 saturated carbocycles. The first-order valence-electron chi connectivity index (χ1n) is 7.15. The highest BCUT2D eigenvalue weighted by Crippen LogP contribution is 2.16. The zero-order valence-electron chi connectivity index (χ0n) is 11.4. The van der Waals surface area contributed by atoms with Crippen LogP contribution in [0.5, 0.6) is 0 Å². The Balaban J connectivity index is 1.70. The Hall–Kier alpha value is -1.88. The number of aryl methyl sites for hydroxylation is 2. The monoisotopic (exact) mass is 273 g/mol. The molecule has 0 fully saturated rings. The summed E-state index contributed by atoms with van der Waals surface area (Å²) in [5.74, 6) is 0.885. The van der Waals surface area contributed by atoms with Gasteiger partial charge in [0.1, 0.15) is 5.82 Å². The van der Waals surface area contributed by atoms with Gasteiger partial charge in [-0.05, 0) is 24.8 Å². The fourth-order valence-electron chi connectivity index (χ4n) is 2.68. The van der Waals surface area contributed by atoms with E-state index in [1.165, 1.54) is 4.68 Å². The summed E-state index contributed by atoms with van der Waals surface area (Å²) in [7, 11) is 0. The molecule has 0 radical (unpaired) electrons. The van der Waals surface area contributed by atoms with E-state index in [0.29, 0.717) is 13.0 Å². The van der Waals surface area contributed by atoms with Gasteiger partial charge in [0.25, 0.3) is 0 Å². The van der Waals surface area contributed by atoms with E-state index in [1.807, 2.05) is 30.3 Å². The van der Waals surface area contributed by atoms with Crippen LogP contribution in [-0.2, 0) is 19.5 Å². The lowest BCUT2D eigenvalue weighted by Crippen LogP contribution is -2.27. The lowest BCUT2D eigenvalue weighted by molar-refractivity contribution is 0.159. The molecule has 5 nitrogen and oxygen atoms in total. The summed E-state index contributed by atoms with van der Waals surface area (Å²) in [5.41, 5.74) is 0.837. The van der Waals surface area contributed by atoms with Gasteiger partial charge in [0.15, 0.2) is 0 Å². The van der Waals surface area contributed by atoms with E-state index in [1.54, 1.807) is 4.57 Å². The summed E-state index contributed by atoms with van der Waals surface area (Å²) in [4.78, 5) is 12.1. The molecule has 1 N–H and O–H groups in total. The summed E-state index contributed by atoms with van der Waals surface area (Å²) in [6.45, 7) is 1.23. The van der Waals surface area contributed by atoms with E-state index in [9.17, 15) is 9.90 Å². The van der Waals surface area contributed by atoms with Crippen molar-refractivity contribution in [2.45, 2.75) is 44.9 Å². The van der Waals surface area contributed by atoms with Gasteiger partial charge in [-0.2, -0.15) is 5.10 Å². The Kier molecular flexibility index (Phi) is 3.69. The highest BCUT2D eigenvalue weighted by Gasteiger charge is 2.17. The maximum absolute atomic E-state index is 12.1. The minimum Gasteiger partial charge on any atom is -0.388 e. The van der Waals surface area contributed by atoms with Crippen molar-refractivity contribution >= 4 is 0 Å². The van der Waals surface area contributed by atoms with Crippen LogP contribution in [0.4, 0.5) is 0 Å². The van der Waals surface area contributed by atoms with Crippen LogP contribution in [-0.4, -0.2) is 19.5 Å². The third-order valence-corrected chi connectivity index (χ3v) is 3.83. The SMILES string of the molecule is O=c1n(CCC(O)c2ccccc2)nc2n1CCCC2. The van der Waals surface area contributed by atoms with Gasteiger partial charge in [0, 0.05) is 19.5 Å². The summed E-state index contributed by atoms with van der Waals surface area (Å²) in [6.07, 6.45) is 2.97. The zero-order chi connectivity index (χ0) is 13.9. The quantitative estimate of drug-likeness (QED) is 0.918. The molecular weight excluding hydrogens is 254 g/mol. The number of fused-ring (bicyclic) bond motifs is 1. The van der Waals surface area contributed by atoms with Crippen molar-refractivity contribution < 1.29 is 5.11 Å². The number of aliphatic hydroxyl groups is 1. The van der Waals surface area contributed by atoms with Crippen molar-refractivity contribution in [3.8, 4) is 0 Å². The van der Waals surface area contributed by atoms with Crippen molar-refractivity contribution in [2.75, 3.05) is 0 Å². The number of hydrogen-bond donors (Lipinski definition) is 1. The van der Waals surface area contributed by atoms with Gasteiger partial charge in [-0.25, -0.2) is 9.48 Å². The molecule has 3 rings (SSSR count). The minimum absolute atomic E-state index is 0.0417. The van der Waals surface area contributed by atoms with Gasteiger partial charge < -0.3 is 5.11 Å². The molecule has 1 aromatic carbocycles. The maximum atomic E-state index is 12.1. The first-order chi connectivity index (χ1) is 9.75. The second-order valence-corrected chi connectivity index (χ2v) is 5.25. The topological polar surface area (TPSA) is 60.1 Å². The minimum atomic E-state index is -0.554. The van der Waals surface area contributed by atoms with E-state index in [4.69, 9.17) is 0 Å². The molecule has 1 atom stereocenters. The van der Waals surface area contributed by atoms with Crippen LogP contribution in [0.25, 0.3) is 0 Å². The van der Waals surface area contributed by atoms with Crippen molar-refractivity contribution in [3.05, 3.63) is 52.2 Å². The van der Waals surface area contributed by atoms with Crippen molar-refractivity contribution in [3.63, 3.8) is 0 Å². The van der Waals surface area contributed by atoms with Crippen LogP contribution in [0, 0.1) is 0 Å². The normalized spacial score (nSPS) is 15.8. The maximum Gasteiger partial charge on any atom is 0.345 e. The molecule has 0 bridgehead atoms. The Labute approximate surface area is 117 Å². The molecule has 2 aromatic rings. The zero-order valence-corrected chi connectivity index (χ0v) is 11.4. The van der Waals surface area contributed by atoms with E-state index in [0.717, 1.165) is 37.2 Å². The average molecular weight is 273 g/mol. The second kappa shape index (κ2) is 5.63. The summed E-state index contributed by atoms with van der Waals surface area (Å²) in [6, 6.07) is 9.52. The number of benzene rings is 1.